The van der Waals surface area contributed by atoms with E-state index in [0.29, 0.717) is 5.76 Å². The summed E-state index contributed by atoms with van der Waals surface area (Å²) in [5.41, 5.74) is 0. The molecule has 64 valence electrons. The van der Waals surface area contributed by atoms with Gasteiger partial charge in [0, 0.05) is 0 Å². The molecular weight excluding hydrogens is 140 g/mol. The van der Waals surface area contributed by atoms with Crippen LogP contribution in [-0.2, 0) is 9.47 Å². The second-order valence-electron chi connectivity index (χ2n) is 2.50. The lowest BCUT2D eigenvalue weighted by Gasteiger charge is -2.12. The van der Waals surface area contributed by atoms with Gasteiger partial charge in [-0.05, 0) is 26.8 Å². The van der Waals surface area contributed by atoms with Crippen LogP contribution in [0.1, 0.15) is 20.8 Å². The molecule has 0 aromatic heterocycles. The van der Waals surface area contributed by atoms with Crippen molar-refractivity contribution in [1.29, 1.82) is 0 Å². The van der Waals surface area contributed by atoms with E-state index in [0.717, 1.165) is 5.76 Å². The van der Waals surface area contributed by atoms with E-state index in [4.69, 9.17) is 9.47 Å². The van der Waals surface area contributed by atoms with Crippen molar-refractivity contribution in [3.63, 3.8) is 0 Å². The molecule has 0 aromatic carbocycles. The van der Waals surface area contributed by atoms with E-state index >= 15 is 0 Å². The summed E-state index contributed by atoms with van der Waals surface area (Å²) in [7, 11) is 1.61. The number of hydrogen-bond acceptors (Lipinski definition) is 2. The average molecular weight is 156 g/mol. The standard InChI is InChI=1S/C9H16O2/c1-6-9(8(4)10-5)11-7(2)3/h6-7H,1H2,2-5H3. The number of methoxy groups -OCH3 is 1. The van der Waals surface area contributed by atoms with Crippen LogP contribution in [0.15, 0.2) is 24.2 Å². The van der Waals surface area contributed by atoms with Gasteiger partial charge < -0.3 is 9.47 Å². The summed E-state index contributed by atoms with van der Waals surface area (Å²) in [6.45, 7) is 9.40. The fourth-order valence-corrected chi connectivity index (χ4v) is 0.629. The minimum atomic E-state index is 0.160. The smallest absolute Gasteiger partial charge is 0.156 e. The summed E-state index contributed by atoms with van der Waals surface area (Å²) in [5, 5.41) is 0. The van der Waals surface area contributed by atoms with Crippen molar-refractivity contribution >= 4 is 0 Å². The minimum Gasteiger partial charge on any atom is -0.498 e. The highest BCUT2D eigenvalue weighted by atomic mass is 16.5. The molecule has 0 aliphatic rings. The summed E-state index contributed by atoms with van der Waals surface area (Å²) >= 11 is 0. The summed E-state index contributed by atoms with van der Waals surface area (Å²) in [4.78, 5) is 0. The molecule has 0 radical (unpaired) electrons. The lowest BCUT2D eigenvalue weighted by atomic mass is 10.4. The van der Waals surface area contributed by atoms with Crippen molar-refractivity contribution in [1.82, 2.24) is 0 Å². The van der Waals surface area contributed by atoms with E-state index in [1.165, 1.54) is 0 Å². The molecule has 11 heavy (non-hydrogen) atoms. The first-order valence-electron chi connectivity index (χ1n) is 3.65. The highest BCUT2D eigenvalue weighted by Crippen LogP contribution is 2.09. The van der Waals surface area contributed by atoms with Crippen LogP contribution in [0.4, 0.5) is 0 Å². The van der Waals surface area contributed by atoms with Gasteiger partial charge in [-0.2, -0.15) is 0 Å². The zero-order chi connectivity index (χ0) is 8.85. The summed E-state index contributed by atoms with van der Waals surface area (Å²) < 4.78 is 10.4. The molecule has 0 aliphatic carbocycles. The second-order valence-corrected chi connectivity index (χ2v) is 2.50. The van der Waals surface area contributed by atoms with Crippen LogP contribution in [-0.4, -0.2) is 13.2 Å². The van der Waals surface area contributed by atoms with Crippen molar-refractivity contribution < 1.29 is 9.47 Å². The van der Waals surface area contributed by atoms with E-state index in [2.05, 4.69) is 6.58 Å². The van der Waals surface area contributed by atoms with Crippen molar-refractivity contribution in [3.05, 3.63) is 24.2 Å². The van der Waals surface area contributed by atoms with Crippen LogP contribution >= 0.6 is 0 Å². The zero-order valence-corrected chi connectivity index (χ0v) is 7.68. The van der Waals surface area contributed by atoms with E-state index < -0.39 is 0 Å². The van der Waals surface area contributed by atoms with Gasteiger partial charge in [-0.3, -0.25) is 0 Å². The maximum absolute atomic E-state index is 5.39. The summed E-state index contributed by atoms with van der Waals surface area (Å²) in [5.74, 6) is 1.47. The fraction of sp³-hybridized carbons (Fsp3) is 0.556. The second kappa shape index (κ2) is 4.83. The Morgan fingerprint density at radius 2 is 2.00 bits per heavy atom. The SMILES string of the molecule is C=CC(OC(C)C)=C(C)OC. The topological polar surface area (TPSA) is 18.5 Å². The number of ether oxygens (including phenoxy) is 2. The Kier molecular flexibility index (Phi) is 4.42. The Labute approximate surface area is 68.5 Å². The molecule has 0 saturated carbocycles. The summed E-state index contributed by atoms with van der Waals surface area (Å²) in [6, 6.07) is 0. The van der Waals surface area contributed by atoms with Gasteiger partial charge in [0.25, 0.3) is 0 Å². The van der Waals surface area contributed by atoms with Crippen molar-refractivity contribution in [2.45, 2.75) is 26.9 Å². The Morgan fingerprint density at radius 1 is 1.45 bits per heavy atom. The van der Waals surface area contributed by atoms with Gasteiger partial charge >= 0.3 is 0 Å². The van der Waals surface area contributed by atoms with Gasteiger partial charge in [0.15, 0.2) is 5.76 Å². The molecule has 0 fully saturated rings. The third-order valence-corrected chi connectivity index (χ3v) is 1.20. The Balaban J connectivity index is 4.26. The van der Waals surface area contributed by atoms with Crippen LogP contribution in [0.2, 0.25) is 0 Å². The highest BCUT2D eigenvalue weighted by Gasteiger charge is 2.01. The van der Waals surface area contributed by atoms with Gasteiger partial charge in [-0.1, -0.05) is 6.58 Å². The molecule has 0 spiro atoms. The zero-order valence-electron chi connectivity index (χ0n) is 7.68. The molecule has 2 heteroatoms. The number of allylic oxidation sites excluding steroid dienone is 2. The predicted octanol–water partition coefficient (Wildman–Crippen LogP) is 2.48. The van der Waals surface area contributed by atoms with Crippen LogP contribution in [0.5, 0.6) is 0 Å². The largest absolute Gasteiger partial charge is 0.498 e. The maximum Gasteiger partial charge on any atom is 0.156 e. The first-order valence-corrected chi connectivity index (χ1v) is 3.65. The first-order chi connectivity index (χ1) is 5.11. The van der Waals surface area contributed by atoms with Gasteiger partial charge in [0.05, 0.1) is 13.2 Å². The van der Waals surface area contributed by atoms with E-state index in [9.17, 15) is 0 Å². The van der Waals surface area contributed by atoms with E-state index in [1.54, 1.807) is 13.2 Å². The normalized spacial score (nSPS) is 12.5. The van der Waals surface area contributed by atoms with Crippen molar-refractivity contribution in [2.24, 2.45) is 0 Å². The molecular formula is C9H16O2. The lowest BCUT2D eigenvalue weighted by molar-refractivity contribution is 0.137. The first kappa shape index (κ1) is 10.1. The molecule has 0 rings (SSSR count). The molecule has 0 saturated heterocycles. The van der Waals surface area contributed by atoms with Crippen molar-refractivity contribution in [3.8, 4) is 0 Å². The Hall–Kier alpha value is -0.920. The van der Waals surface area contributed by atoms with Crippen molar-refractivity contribution in [2.75, 3.05) is 7.11 Å². The summed E-state index contributed by atoms with van der Waals surface area (Å²) in [6.07, 6.45) is 1.81. The quantitative estimate of drug-likeness (QED) is 0.460. The molecule has 0 bridgehead atoms. The third kappa shape index (κ3) is 3.71. The average Bonchev–Trinajstić information content (AvgIpc) is 1.98. The Morgan fingerprint density at radius 3 is 2.27 bits per heavy atom. The molecule has 0 aliphatic heterocycles. The molecule has 0 aromatic rings. The van der Waals surface area contributed by atoms with Gasteiger partial charge in [0.2, 0.25) is 0 Å². The monoisotopic (exact) mass is 156 g/mol. The molecule has 0 unspecified atom stereocenters. The highest BCUT2D eigenvalue weighted by molar-refractivity contribution is 5.12. The van der Waals surface area contributed by atoms with Crippen LogP contribution < -0.4 is 0 Å². The third-order valence-electron chi connectivity index (χ3n) is 1.20. The molecule has 0 amide bonds. The number of hydrogen-bond donors (Lipinski definition) is 0. The lowest BCUT2D eigenvalue weighted by Crippen LogP contribution is -2.03. The predicted molar refractivity (Wildman–Crippen MR) is 46.1 cm³/mol. The maximum atomic E-state index is 5.39. The molecule has 2 nitrogen and oxygen atoms in total. The minimum absolute atomic E-state index is 0.160. The van der Waals surface area contributed by atoms with Crippen LogP contribution in [0.25, 0.3) is 0 Å². The van der Waals surface area contributed by atoms with Crippen LogP contribution in [0.3, 0.4) is 0 Å². The van der Waals surface area contributed by atoms with Gasteiger partial charge in [0.1, 0.15) is 5.76 Å². The van der Waals surface area contributed by atoms with Crippen LogP contribution in [0, 0.1) is 0 Å². The van der Waals surface area contributed by atoms with Gasteiger partial charge in [-0.25, -0.2) is 0 Å². The number of rotatable bonds is 4. The Bertz CT molecular complexity index is 157. The van der Waals surface area contributed by atoms with Gasteiger partial charge in [-0.15, -0.1) is 0 Å². The van der Waals surface area contributed by atoms with E-state index in [1.807, 2.05) is 20.8 Å². The van der Waals surface area contributed by atoms with E-state index in [-0.39, 0.29) is 6.10 Å². The molecule has 0 N–H and O–H groups in total. The molecule has 0 atom stereocenters. The molecule has 0 heterocycles. The fourth-order valence-electron chi connectivity index (χ4n) is 0.629.